The molecule has 1 aliphatic heterocycles. The van der Waals surface area contributed by atoms with Crippen molar-refractivity contribution in [2.45, 2.75) is 13.5 Å². The van der Waals surface area contributed by atoms with E-state index < -0.39 is 5.97 Å². The number of nitrogens with zero attached hydrogens (tertiary/aromatic N) is 1. The first-order valence-corrected chi connectivity index (χ1v) is 11.9. The van der Waals surface area contributed by atoms with Gasteiger partial charge >= 0.3 is 5.97 Å². The fourth-order valence-electron chi connectivity index (χ4n) is 3.47. The highest BCUT2D eigenvalue weighted by Crippen LogP contribution is 2.37. The maximum atomic E-state index is 13.2. The van der Waals surface area contributed by atoms with Crippen molar-refractivity contribution in [1.82, 2.24) is 0 Å². The van der Waals surface area contributed by atoms with E-state index in [0.29, 0.717) is 38.6 Å². The molecule has 0 bridgehead atoms. The summed E-state index contributed by atoms with van der Waals surface area (Å²) in [6.45, 7) is 2.46. The zero-order valence-electron chi connectivity index (χ0n) is 19.4. The van der Waals surface area contributed by atoms with Crippen molar-refractivity contribution >= 4 is 51.9 Å². The van der Waals surface area contributed by atoms with Crippen molar-refractivity contribution < 1.29 is 23.8 Å². The normalized spacial score (nSPS) is 14.4. The lowest BCUT2D eigenvalue weighted by molar-refractivity contribution is -0.113. The molecule has 0 atom stereocenters. The number of rotatable bonds is 7. The first-order chi connectivity index (χ1) is 16.9. The number of ether oxygens (including phenoxy) is 3. The summed E-state index contributed by atoms with van der Waals surface area (Å²) in [5.41, 5.74) is 3.87. The number of thioether (sulfide) groups is 1. The molecule has 1 fully saturated rings. The van der Waals surface area contributed by atoms with Gasteiger partial charge in [0.05, 0.1) is 30.4 Å². The van der Waals surface area contributed by atoms with Crippen molar-refractivity contribution in [1.29, 1.82) is 0 Å². The van der Waals surface area contributed by atoms with Crippen LogP contribution in [0.2, 0.25) is 0 Å². The van der Waals surface area contributed by atoms with Crippen molar-refractivity contribution in [2.24, 2.45) is 0 Å². The molecule has 1 aliphatic rings. The monoisotopic (exact) mass is 505 g/mol. The lowest BCUT2D eigenvalue weighted by Crippen LogP contribution is -2.27. The van der Waals surface area contributed by atoms with Gasteiger partial charge in [-0.15, -0.1) is 0 Å². The molecular formula is C27H23NO5S2. The number of carbonyl (C=O) groups excluding carboxylic acids is 2. The number of esters is 1. The van der Waals surface area contributed by atoms with Gasteiger partial charge in [0.15, 0.2) is 15.8 Å². The van der Waals surface area contributed by atoms with Crippen LogP contribution < -0.4 is 14.4 Å². The Hall–Kier alpha value is -3.62. The zero-order chi connectivity index (χ0) is 24.9. The molecule has 3 aromatic carbocycles. The smallest absolute Gasteiger partial charge is 0.337 e. The van der Waals surface area contributed by atoms with E-state index in [1.165, 1.54) is 29.3 Å². The van der Waals surface area contributed by atoms with Crippen molar-refractivity contribution in [3.05, 3.63) is 93.9 Å². The molecule has 0 saturated carbocycles. The largest absolute Gasteiger partial charge is 0.493 e. The maximum Gasteiger partial charge on any atom is 0.337 e. The summed E-state index contributed by atoms with van der Waals surface area (Å²) in [5, 5.41) is 0. The predicted molar refractivity (Wildman–Crippen MR) is 142 cm³/mol. The van der Waals surface area contributed by atoms with Gasteiger partial charge in [0.1, 0.15) is 6.61 Å². The van der Waals surface area contributed by atoms with E-state index in [-0.39, 0.29) is 5.91 Å². The SMILES string of the molecule is COC(=O)c1cccc(N2C(=O)/C(=C/c3ccc(OCc4ccc(C)cc4)c(OC)c3)SC2=S)c1. The third-order valence-corrected chi connectivity index (χ3v) is 6.62. The maximum absolute atomic E-state index is 13.2. The molecule has 3 aromatic rings. The van der Waals surface area contributed by atoms with Gasteiger partial charge in [-0.1, -0.05) is 65.9 Å². The van der Waals surface area contributed by atoms with Crippen LogP contribution in [0.3, 0.4) is 0 Å². The van der Waals surface area contributed by atoms with Crippen LogP contribution in [0.15, 0.2) is 71.6 Å². The average Bonchev–Trinajstić information content (AvgIpc) is 3.15. The molecule has 1 saturated heterocycles. The molecule has 0 unspecified atom stereocenters. The Kier molecular flexibility index (Phi) is 7.53. The summed E-state index contributed by atoms with van der Waals surface area (Å²) in [6.07, 6.45) is 1.76. The van der Waals surface area contributed by atoms with E-state index in [4.69, 9.17) is 26.4 Å². The second-order valence-corrected chi connectivity index (χ2v) is 9.42. The zero-order valence-corrected chi connectivity index (χ0v) is 21.1. The Morgan fingerprint density at radius 1 is 1.03 bits per heavy atom. The Morgan fingerprint density at radius 2 is 1.80 bits per heavy atom. The summed E-state index contributed by atoms with van der Waals surface area (Å²) in [7, 11) is 2.88. The Morgan fingerprint density at radius 3 is 2.51 bits per heavy atom. The molecule has 178 valence electrons. The molecule has 8 heteroatoms. The third kappa shape index (κ3) is 5.55. The van der Waals surface area contributed by atoms with E-state index in [0.717, 1.165) is 11.1 Å². The first kappa shape index (κ1) is 24.5. The van der Waals surface area contributed by atoms with Crippen LogP contribution in [0.5, 0.6) is 11.5 Å². The molecule has 4 rings (SSSR count). The number of amides is 1. The molecule has 0 aromatic heterocycles. The quantitative estimate of drug-likeness (QED) is 0.229. The van der Waals surface area contributed by atoms with Crippen molar-refractivity contribution in [3.63, 3.8) is 0 Å². The van der Waals surface area contributed by atoms with Crippen molar-refractivity contribution in [3.8, 4) is 11.5 Å². The van der Waals surface area contributed by atoms with Crippen LogP contribution in [0.4, 0.5) is 5.69 Å². The van der Waals surface area contributed by atoms with E-state index >= 15 is 0 Å². The van der Waals surface area contributed by atoms with Crippen LogP contribution in [0.25, 0.3) is 6.08 Å². The number of methoxy groups -OCH3 is 2. The number of benzene rings is 3. The number of hydrogen-bond acceptors (Lipinski definition) is 7. The molecule has 0 radical (unpaired) electrons. The van der Waals surface area contributed by atoms with Gasteiger partial charge in [-0.3, -0.25) is 9.69 Å². The number of aryl methyl sites for hydroxylation is 1. The summed E-state index contributed by atoms with van der Waals surface area (Å²) >= 11 is 6.65. The van der Waals surface area contributed by atoms with Gasteiger partial charge in [-0.25, -0.2) is 4.79 Å². The summed E-state index contributed by atoms with van der Waals surface area (Å²) in [4.78, 5) is 26.9. The van der Waals surface area contributed by atoms with E-state index in [2.05, 4.69) is 0 Å². The molecular weight excluding hydrogens is 482 g/mol. The van der Waals surface area contributed by atoms with Crippen LogP contribution in [0.1, 0.15) is 27.0 Å². The fourth-order valence-corrected chi connectivity index (χ4v) is 4.77. The number of carbonyl (C=O) groups is 2. The van der Waals surface area contributed by atoms with Gasteiger partial charge in [0.25, 0.3) is 5.91 Å². The van der Waals surface area contributed by atoms with Crippen LogP contribution in [-0.2, 0) is 16.1 Å². The number of anilines is 1. The summed E-state index contributed by atoms with van der Waals surface area (Å²) in [6, 6.07) is 20.2. The number of hydrogen-bond donors (Lipinski definition) is 0. The van der Waals surface area contributed by atoms with Crippen molar-refractivity contribution in [2.75, 3.05) is 19.1 Å². The second kappa shape index (κ2) is 10.8. The van der Waals surface area contributed by atoms with Gasteiger partial charge in [-0.05, 0) is 54.5 Å². The molecule has 35 heavy (non-hydrogen) atoms. The fraction of sp³-hybridized carbons (Fsp3) is 0.148. The number of thiocarbonyl (C=S) groups is 1. The van der Waals surface area contributed by atoms with E-state index in [9.17, 15) is 9.59 Å². The standard InChI is InChI=1S/C27H23NO5S2/c1-17-7-9-18(10-8-17)16-33-22-12-11-19(13-23(22)31-2)14-24-25(29)28(27(34)35-24)21-6-4-5-20(15-21)26(30)32-3/h4-15H,16H2,1-3H3/b24-14-. The van der Waals surface area contributed by atoms with E-state index in [1.54, 1.807) is 37.5 Å². The Labute approximate surface area is 213 Å². The second-order valence-electron chi connectivity index (χ2n) is 7.74. The lowest BCUT2D eigenvalue weighted by Gasteiger charge is -2.15. The summed E-state index contributed by atoms with van der Waals surface area (Å²) in [5.74, 6) is 0.426. The minimum atomic E-state index is -0.482. The molecule has 1 heterocycles. The van der Waals surface area contributed by atoms with Crippen LogP contribution in [-0.4, -0.2) is 30.4 Å². The molecule has 0 aliphatic carbocycles. The minimum absolute atomic E-state index is 0.263. The minimum Gasteiger partial charge on any atom is -0.493 e. The van der Waals surface area contributed by atoms with Gasteiger partial charge in [0.2, 0.25) is 0 Å². The highest BCUT2D eigenvalue weighted by molar-refractivity contribution is 8.27. The van der Waals surface area contributed by atoms with E-state index in [1.807, 2.05) is 49.4 Å². The van der Waals surface area contributed by atoms with Gasteiger partial charge in [-0.2, -0.15) is 0 Å². The van der Waals surface area contributed by atoms with Crippen LogP contribution >= 0.6 is 24.0 Å². The predicted octanol–water partition coefficient (Wildman–Crippen LogP) is 5.78. The average molecular weight is 506 g/mol. The third-order valence-electron chi connectivity index (χ3n) is 5.32. The topological polar surface area (TPSA) is 65.1 Å². The lowest BCUT2D eigenvalue weighted by atomic mass is 10.1. The van der Waals surface area contributed by atoms with Gasteiger partial charge < -0.3 is 14.2 Å². The van der Waals surface area contributed by atoms with Crippen LogP contribution in [0, 0.1) is 6.92 Å². The van der Waals surface area contributed by atoms with Gasteiger partial charge in [0, 0.05) is 0 Å². The molecule has 0 N–H and O–H groups in total. The Bertz CT molecular complexity index is 1320. The molecule has 1 amide bonds. The summed E-state index contributed by atoms with van der Waals surface area (Å²) < 4.78 is 16.6. The highest BCUT2D eigenvalue weighted by atomic mass is 32.2. The Balaban J connectivity index is 1.53. The molecule has 6 nitrogen and oxygen atoms in total. The highest BCUT2D eigenvalue weighted by Gasteiger charge is 2.33. The first-order valence-electron chi connectivity index (χ1n) is 10.7. The molecule has 0 spiro atoms.